The molecule has 0 aliphatic heterocycles. The third-order valence-electron chi connectivity index (χ3n) is 6.45. The van der Waals surface area contributed by atoms with Crippen LogP contribution < -0.4 is 10.1 Å². The van der Waals surface area contributed by atoms with Crippen molar-refractivity contribution in [3.8, 4) is 17.1 Å². The minimum atomic E-state index is -0.957. The van der Waals surface area contributed by atoms with Crippen molar-refractivity contribution >= 4 is 50.5 Å². The fourth-order valence-corrected chi connectivity index (χ4v) is 6.38. The molecule has 2 aromatic carbocycles. The van der Waals surface area contributed by atoms with Gasteiger partial charge in [-0.05, 0) is 48.2 Å². The van der Waals surface area contributed by atoms with Crippen LogP contribution in [-0.4, -0.2) is 28.2 Å². The van der Waals surface area contributed by atoms with Gasteiger partial charge in [0, 0.05) is 28.5 Å². The number of hydrogen-bond acceptors (Lipinski definition) is 6. The molecule has 0 spiro atoms. The number of thiophene rings is 1. The first-order chi connectivity index (χ1) is 16.5. The lowest BCUT2D eigenvalue weighted by atomic mass is 9.80. The molecule has 1 atom stereocenters. The highest BCUT2D eigenvalue weighted by Crippen LogP contribution is 2.59. The molecule has 34 heavy (non-hydrogen) atoms. The van der Waals surface area contributed by atoms with Gasteiger partial charge in [0.2, 0.25) is 0 Å². The van der Waals surface area contributed by atoms with E-state index < -0.39 is 5.97 Å². The van der Waals surface area contributed by atoms with Gasteiger partial charge in [0.25, 0.3) is 0 Å². The summed E-state index contributed by atoms with van der Waals surface area (Å²) in [6, 6.07) is 12.4. The Hall–Kier alpha value is -3.42. The van der Waals surface area contributed by atoms with E-state index in [9.17, 15) is 9.90 Å². The third kappa shape index (κ3) is 3.35. The first-order valence-corrected chi connectivity index (χ1v) is 12.2. The maximum atomic E-state index is 11.2. The minimum absolute atomic E-state index is 0.234. The molecule has 0 saturated heterocycles. The highest BCUT2D eigenvalue weighted by Gasteiger charge is 2.39. The van der Waals surface area contributed by atoms with Gasteiger partial charge in [-0.25, -0.2) is 14.8 Å². The van der Waals surface area contributed by atoms with E-state index in [1.807, 2.05) is 18.2 Å². The molecular weight excluding hydrogens is 470 g/mol. The largest absolute Gasteiger partial charge is 0.495 e. The Kier molecular flexibility index (Phi) is 5.04. The number of halogens is 1. The summed E-state index contributed by atoms with van der Waals surface area (Å²) in [4.78, 5) is 23.3. The molecule has 2 aliphatic carbocycles. The van der Waals surface area contributed by atoms with Crippen molar-refractivity contribution in [3.05, 3.63) is 75.1 Å². The molecule has 6 nitrogen and oxygen atoms in total. The molecule has 2 aliphatic rings. The summed E-state index contributed by atoms with van der Waals surface area (Å²) in [5.74, 6) is 1.56. The SMILES string of the molecule is COc1ccc(CNc2nc(-c3ccc(C(=O)O)cc3)nc3sc4c(c23)C2=CCCC24)cc1Cl. The zero-order chi connectivity index (χ0) is 23.4. The second-order valence-electron chi connectivity index (χ2n) is 8.41. The van der Waals surface area contributed by atoms with Gasteiger partial charge in [-0.1, -0.05) is 35.9 Å². The molecule has 0 amide bonds. The molecule has 4 aromatic rings. The molecule has 0 bridgehead atoms. The molecular formula is C26H20ClN3O3S. The van der Waals surface area contributed by atoms with Gasteiger partial charge < -0.3 is 15.2 Å². The number of aromatic nitrogens is 2. The molecule has 8 heteroatoms. The zero-order valence-corrected chi connectivity index (χ0v) is 19.8. The highest BCUT2D eigenvalue weighted by molar-refractivity contribution is 7.19. The molecule has 2 heterocycles. The van der Waals surface area contributed by atoms with E-state index in [0.717, 1.165) is 33.6 Å². The third-order valence-corrected chi connectivity index (χ3v) is 7.94. The van der Waals surface area contributed by atoms with Crippen LogP contribution in [-0.2, 0) is 6.54 Å². The maximum Gasteiger partial charge on any atom is 0.335 e. The molecule has 6 rings (SSSR count). The predicted molar refractivity (Wildman–Crippen MR) is 135 cm³/mol. The second-order valence-corrected chi connectivity index (χ2v) is 9.85. The van der Waals surface area contributed by atoms with Gasteiger partial charge >= 0.3 is 5.97 Å². The van der Waals surface area contributed by atoms with Crippen molar-refractivity contribution in [1.82, 2.24) is 9.97 Å². The fraction of sp³-hybridized carbons (Fsp3) is 0.192. The number of hydrogen-bond donors (Lipinski definition) is 2. The van der Waals surface area contributed by atoms with Crippen molar-refractivity contribution in [2.75, 3.05) is 12.4 Å². The fourth-order valence-electron chi connectivity index (χ4n) is 4.75. The van der Waals surface area contributed by atoms with Gasteiger partial charge in [0.1, 0.15) is 16.4 Å². The smallest absolute Gasteiger partial charge is 0.335 e. The summed E-state index contributed by atoms with van der Waals surface area (Å²) in [7, 11) is 1.60. The number of nitrogens with zero attached hydrogens (tertiary/aromatic N) is 2. The molecule has 2 N–H and O–H groups in total. The van der Waals surface area contributed by atoms with Crippen LogP contribution in [0.1, 0.15) is 45.1 Å². The van der Waals surface area contributed by atoms with Gasteiger partial charge in [-0.3, -0.25) is 0 Å². The number of methoxy groups -OCH3 is 1. The number of anilines is 1. The Morgan fingerprint density at radius 1 is 1.24 bits per heavy atom. The van der Waals surface area contributed by atoms with Crippen molar-refractivity contribution in [1.29, 1.82) is 0 Å². The Labute approximate surface area is 204 Å². The van der Waals surface area contributed by atoms with Crippen LogP contribution in [0.3, 0.4) is 0 Å². The van der Waals surface area contributed by atoms with Crippen molar-refractivity contribution in [3.63, 3.8) is 0 Å². The summed E-state index contributed by atoms with van der Waals surface area (Å²) in [5.41, 5.74) is 4.72. The van der Waals surface area contributed by atoms with Gasteiger partial charge in [-0.15, -0.1) is 11.3 Å². The number of ether oxygens (including phenoxy) is 1. The van der Waals surface area contributed by atoms with Crippen LogP contribution in [0.25, 0.3) is 27.2 Å². The molecule has 0 saturated carbocycles. The summed E-state index contributed by atoms with van der Waals surface area (Å²) in [6.07, 6.45) is 4.62. The number of allylic oxidation sites excluding steroid dienone is 2. The maximum absolute atomic E-state index is 11.2. The number of rotatable bonds is 6. The standard InChI is InChI=1S/C26H20ClN3O3S/c1-33-19-10-5-13(11-18(19)27)12-28-24-21-20-16-3-2-4-17(16)22(20)34-25(21)30-23(29-24)14-6-8-15(9-7-14)26(31)32/h3,5-11,17H,2,4,12H2,1H3,(H,31,32)(H,28,29,30). The molecule has 2 aromatic heterocycles. The summed E-state index contributed by atoms with van der Waals surface area (Å²) in [6.45, 7) is 0.542. The lowest BCUT2D eigenvalue weighted by molar-refractivity contribution is 0.0697. The number of aromatic carboxylic acids is 1. The molecule has 0 fully saturated rings. The van der Waals surface area contributed by atoms with Crippen molar-refractivity contribution < 1.29 is 14.6 Å². The van der Waals surface area contributed by atoms with E-state index in [2.05, 4.69) is 11.4 Å². The Bertz CT molecular complexity index is 1490. The molecule has 170 valence electrons. The highest BCUT2D eigenvalue weighted by atomic mass is 35.5. The monoisotopic (exact) mass is 489 g/mol. The molecule has 0 radical (unpaired) electrons. The van der Waals surface area contributed by atoms with E-state index in [1.54, 1.807) is 42.7 Å². The van der Waals surface area contributed by atoms with Crippen LogP contribution in [0.15, 0.2) is 48.5 Å². The average molecular weight is 490 g/mol. The first kappa shape index (κ1) is 21.1. The number of nitrogens with one attached hydrogen (secondary N) is 1. The van der Waals surface area contributed by atoms with Crippen LogP contribution in [0.2, 0.25) is 5.02 Å². The summed E-state index contributed by atoms with van der Waals surface area (Å²) in [5, 5.41) is 14.4. The van der Waals surface area contributed by atoms with E-state index >= 15 is 0 Å². The minimum Gasteiger partial charge on any atom is -0.495 e. The summed E-state index contributed by atoms with van der Waals surface area (Å²) < 4.78 is 5.26. The Balaban J connectivity index is 1.42. The van der Waals surface area contributed by atoms with Gasteiger partial charge in [0.05, 0.1) is 23.1 Å². The van der Waals surface area contributed by atoms with Gasteiger partial charge in [0.15, 0.2) is 5.82 Å². The van der Waals surface area contributed by atoms with E-state index in [1.165, 1.54) is 22.4 Å². The van der Waals surface area contributed by atoms with E-state index in [4.69, 9.17) is 26.3 Å². The van der Waals surface area contributed by atoms with Crippen LogP contribution in [0, 0.1) is 0 Å². The van der Waals surface area contributed by atoms with E-state index in [0.29, 0.717) is 29.1 Å². The lowest BCUT2D eigenvalue weighted by Gasteiger charge is -2.26. The quantitative estimate of drug-likeness (QED) is 0.317. The van der Waals surface area contributed by atoms with Crippen LogP contribution in [0.4, 0.5) is 5.82 Å². The predicted octanol–water partition coefficient (Wildman–Crippen LogP) is 6.61. The number of benzene rings is 2. The van der Waals surface area contributed by atoms with Gasteiger partial charge in [-0.2, -0.15) is 0 Å². The van der Waals surface area contributed by atoms with Crippen molar-refractivity contribution in [2.45, 2.75) is 25.3 Å². The number of carboxylic acids is 1. The van der Waals surface area contributed by atoms with E-state index in [-0.39, 0.29) is 5.56 Å². The first-order valence-electron chi connectivity index (χ1n) is 11.0. The Morgan fingerprint density at radius 2 is 2.06 bits per heavy atom. The zero-order valence-electron chi connectivity index (χ0n) is 18.3. The second kappa shape index (κ2) is 8.11. The van der Waals surface area contributed by atoms with Crippen molar-refractivity contribution in [2.24, 2.45) is 0 Å². The molecule has 1 unspecified atom stereocenters. The lowest BCUT2D eigenvalue weighted by Crippen LogP contribution is -2.10. The number of fused-ring (bicyclic) bond motifs is 6. The number of carboxylic acid groups (broad SMARTS) is 1. The number of carbonyl (C=O) groups is 1. The normalized spacial score (nSPS) is 15.9. The summed E-state index contributed by atoms with van der Waals surface area (Å²) >= 11 is 8.06. The van der Waals surface area contributed by atoms with Crippen LogP contribution in [0.5, 0.6) is 5.75 Å². The Morgan fingerprint density at radius 3 is 2.79 bits per heavy atom. The topological polar surface area (TPSA) is 84.3 Å². The van der Waals surface area contributed by atoms with Crippen LogP contribution >= 0.6 is 22.9 Å². The average Bonchev–Trinajstić information content (AvgIpc) is 3.40.